The number of nitrogens with zero attached hydrogens (tertiary/aromatic N) is 5. The number of nitrogens with one attached hydrogen (secondary N) is 1. The van der Waals surface area contributed by atoms with Gasteiger partial charge in [-0.25, -0.2) is 0 Å². The van der Waals surface area contributed by atoms with Gasteiger partial charge in [0.25, 0.3) is 0 Å². The maximum Gasteiger partial charge on any atom is 0.230 e. The predicted octanol–water partition coefficient (Wildman–Crippen LogP) is 3.88. The number of carbonyl (C=O) groups excluding carboxylic acids is 2. The van der Waals surface area contributed by atoms with Gasteiger partial charge in [-0.2, -0.15) is 5.10 Å². The Balaban J connectivity index is 1.08. The Morgan fingerprint density at radius 2 is 1.73 bits per heavy atom. The van der Waals surface area contributed by atoms with Crippen molar-refractivity contribution in [1.29, 1.82) is 0 Å². The van der Waals surface area contributed by atoms with Gasteiger partial charge in [0, 0.05) is 57.3 Å². The van der Waals surface area contributed by atoms with Crippen molar-refractivity contribution in [2.45, 2.75) is 71.1 Å². The van der Waals surface area contributed by atoms with Crippen LogP contribution in [0.1, 0.15) is 55.2 Å². The molecule has 0 bridgehead atoms. The Kier molecular flexibility index (Phi) is 7.67. The zero-order valence-electron chi connectivity index (χ0n) is 23.9. The molecule has 4 aliphatic rings. The van der Waals surface area contributed by atoms with Crippen LogP contribution < -0.4 is 10.3 Å². The molecular formula is C32H42N6O2. The third-order valence-corrected chi connectivity index (χ3v) is 9.45. The van der Waals surface area contributed by atoms with Crippen molar-refractivity contribution in [3.63, 3.8) is 0 Å². The lowest BCUT2D eigenvalue weighted by molar-refractivity contribution is -0.155. The number of carbonyl (C=O) groups is 2. The molecule has 2 aromatic rings. The molecule has 2 aromatic carbocycles. The molecule has 8 nitrogen and oxygen atoms in total. The van der Waals surface area contributed by atoms with Gasteiger partial charge < -0.3 is 19.6 Å². The highest BCUT2D eigenvalue weighted by atomic mass is 16.2. The summed E-state index contributed by atoms with van der Waals surface area (Å²) >= 11 is 0. The standard InChI is InChI=1S/C32H42N6O2/c1-23-9-8-14-27(24(23)2)35-19-21-36(22-20-35)30(39)16-15-29-33-34-32-37(18-17-25-10-4-3-5-11-25)31(40)26-12-6-7-13-28(26)38(29)32/h3-5,8-11,14,26,28,32,34H,6-7,12-13,15-22H2,1-2H3. The SMILES string of the molecule is Cc1cccc(N2CCN(C(=O)CCC3=NNC4N(CCc5ccccc5)C(=O)C5CCCCC5N34)CC2)c1C. The summed E-state index contributed by atoms with van der Waals surface area (Å²) in [4.78, 5) is 35.7. The van der Waals surface area contributed by atoms with E-state index in [2.05, 4.69) is 59.4 Å². The van der Waals surface area contributed by atoms with Crippen LogP contribution in [0.15, 0.2) is 53.6 Å². The maximum absolute atomic E-state index is 13.6. The molecule has 40 heavy (non-hydrogen) atoms. The Hall–Kier alpha value is -3.55. The van der Waals surface area contributed by atoms with Gasteiger partial charge in [0.05, 0.1) is 5.92 Å². The summed E-state index contributed by atoms with van der Waals surface area (Å²) in [5.74, 6) is 1.39. The summed E-state index contributed by atoms with van der Waals surface area (Å²) in [5.41, 5.74) is 8.42. The summed E-state index contributed by atoms with van der Waals surface area (Å²) in [6.45, 7) is 8.20. The van der Waals surface area contributed by atoms with Crippen LogP contribution in [-0.4, -0.2) is 77.4 Å². The van der Waals surface area contributed by atoms with E-state index in [0.29, 0.717) is 19.4 Å². The molecule has 1 N–H and O–H groups in total. The molecule has 3 heterocycles. The van der Waals surface area contributed by atoms with Crippen LogP contribution in [-0.2, 0) is 16.0 Å². The fourth-order valence-corrected chi connectivity index (χ4v) is 7.02. The molecule has 3 aliphatic heterocycles. The van der Waals surface area contributed by atoms with Crippen molar-refractivity contribution >= 4 is 23.3 Å². The fourth-order valence-electron chi connectivity index (χ4n) is 7.02. The highest BCUT2D eigenvalue weighted by Crippen LogP contribution is 2.38. The Morgan fingerprint density at radius 1 is 0.950 bits per heavy atom. The first-order valence-corrected chi connectivity index (χ1v) is 15.0. The number of hydrazone groups is 1. The summed E-state index contributed by atoms with van der Waals surface area (Å²) in [5, 5.41) is 4.72. The molecule has 2 amide bonds. The number of hydrogen-bond donors (Lipinski definition) is 1. The van der Waals surface area contributed by atoms with Gasteiger partial charge in [0.2, 0.25) is 11.8 Å². The first-order valence-electron chi connectivity index (χ1n) is 15.0. The molecule has 8 heteroatoms. The smallest absolute Gasteiger partial charge is 0.230 e. The average molecular weight is 543 g/mol. The predicted molar refractivity (Wildman–Crippen MR) is 158 cm³/mol. The van der Waals surface area contributed by atoms with Crippen LogP contribution >= 0.6 is 0 Å². The third-order valence-electron chi connectivity index (χ3n) is 9.45. The largest absolute Gasteiger partial charge is 0.368 e. The third kappa shape index (κ3) is 5.16. The van der Waals surface area contributed by atoms with Crippen LogP contribution in [0.2, 0.25) is 0 Å². The first-order chi connectivity index (χ1) is 19.5. The van der Waals surface area contributed by atoms with E-state index in [9.17, 15) is 9.59 Å². The highest BCUT2D eigenvalue weighted by Gasteiger charge is 2.50. The topological polar surface area (TPSA) is 71.5 Å². The van der Waals surface area contributed by atoms with Gasteiger partial charge in [-0.15, -0.1) is 0 Å². The summed E-state index contributed by atoms with van der Waals surface area (Å²) in [6, 6.07) is 17.0. The van der Waals surface area contributed by atoms with E-state index < -0.39 is 0 Å². The monoisotopic (exact) mass is 542 g/mol. The molecule has 2 saturated heterocycles. The lowest BCUT2D eigenvalue weighted by atomic mass is 9.80. The van der Waals surface area contributed by atoms with Crippen molar-refractivity contribution < 1.29 is 9.59 Å². The summed E-state index contributed by atoms with van der Waals surface area (Å²) in [6.07, 6.45) is 5.80. The van der Waals surface area contributed by atoms with E-state index in [4.69, 9.17) is 5.10 Å². The van der Waals surface area contributed by atoms with Crippen molar-refractivity contribution in [1.82, 2.24) is 20.1 Å². The normalized spacial score (nSPS) is 24.4. The summed E-state index contributed by atoms with van der Waals surface area (Å²) in [7, 11) is 0. The Morgan fingerprint density at radius 3 is 2.52 bits per heavy atom. The van der Waals surface area contributed by atoms with E-state index in [0.717, 1.165) is 64.1 Å². The lowest BCUT2D eigenvalue weighted by Gasteiger charge is -2.50. The van der Waals surface area contributed by atoms with Gasteiger partial charge in [0.1, 0.15) is 5.84 Å². The van der Waals surface area contributed by atoms with E-state index >= 15 is 0 Å². The van der Waals surface area contributed by atoms with Gasteiger partial charge in [-0.1, -0.05) is 55.3 Å². The number of hydrogen-bond acceptors (Lipinski definition) is 6. The molecular weight excluding hydrogens is 500 g/mol. The molecule has 1 saturated carbocycles. The van der Waals surface area contributed by atoms with Crippen molar-refractivity contribution in [3.8, 4) is 0 Å². The van der Waals surface area contributed by atoms with Gasteiger partial charge in [-0.3, -0.25) is 15.0 Å². The number of aryl methyl sites for hydroxylation is 1. The molecule has 0 spiro atoms. The molecule has 0 radical (unpaired) electrons. The van der Waals surface area contributed by atoms with Crippen molar-refractivity contribution in [2.75, 3.05) is 37.6 Å². The fraction of sp³-hybridized carbons (Fsp3) is 0.531. The second-order valence-electron chi connectivity index (χ2n) is 11.8. The van der Waals surface area contributed by atoms with E-state index in [1.807, 2.05) is 28.0 Å². The second-order valence-corrected chi connectivity index (χ2v) is 11.8. The van der Waals surface area contributed by atoms with Crippen LogP contribution in [0.3, 0.4) is 0 Å². The Bertz CT molecular complexity index is 1260. The number of fused-ring (bicyclic) bond motifs is 3. The number of piperazine rings is 1. The number of amides is 2. The Labute approximate surface area is 238 Å². The van der Waals surface area contributed by atoms with Crippen LogP contribution in [0.5, 0.6) is 0 Å². The van der Waals surface area contributed by atoms with E-state index in [1.165, 1.54) is 22.4 Å². The minimum absolute atomic E-state index is 0.0136. The minimum atomic E-state index is -0.248. The van der Waals surface area contributed by atoms with Crippen molar-refractivity contribution in [2.24, 2.45) is 11.0 Å². The molecule has 6 rings (SSSR count). The number of rotatable bonds is 7. The average Bonchev–Trinajstić information content (AvgIpc) is 3.42. The quantitative estimate of drug-likeness (QED) is 0.575. The molecule has 3 atom stereocenters. The van der Waals surface area contributed by atoms with Crippen molar-refractivity contribution in [3.05, 3.63) is 65.2 Å². The van der Waals surface area contributed by atoms with Crippen LogP contribution in [0.25, 0.3) is 0 Å². The van der Waals surface area contributed by atoms with E-state index in [1.54, 1.807) is 0 Å². The lowest BCUT2D eigenvalue weighted by Crippen LogP contribution is -2.67. The van der Waals surface area contributed by atoms with Gasteiger partial charge >= 0.3 is 0 Å². The number of amidine groups is 1. The molecule has 3 unspecified atom stereocenters. The number of benzene rings is 2. The second kappa shape index (κ2) is 11.5. The number of anilines is 1. The van der Waals surface area contributed by atoms with Crippen LogP contribution in [0.4, 0.5) is 5.69 Å². The first kappa shape index (κ1) is 26.7. The molecule has 212 valence electrons. The van der Waals surface area contributed by atoms with Gasteiger partial charge in [0.15, 0.2) is 6.29 Å². The maximum atomic E-state index is 13.6. The zero-order chi connectivity index (χ0) is 27.6. The summed E-state index contributed by atoms with van der Waals surface area (Å²) < 4.78 is 0. The zero-order valence-corrected chi connectivity index (χ0v) is 23.9. The van der Waals surface area contributed by atoms with E-state index in [-0.39, 0.29) is 30.1 Å². The highest BCUT2D eigenvalue weighted by molar-refractivity contribution is 5.91. The molecule has 3 fully saturated rings. The minimum Gasteiger partial charge on any atom is -0.368 e. The van der Waals surface area contributed by atoms with Gasteiger partial charge in [-0.05, 0) is 55.9 Å². The molecule has 0 aromatic heterocycles. The molecule has 1 aliphatic carbocycles. The van der Waals surface area contributed by atoms with Crippen LogP contribution in [0, 0.1) is 19.8 Å².